The van der Waals surface area contributed by atoms with Crippen LogP contribution in [0.4, 0.5) is 0 Å². The minimum atomic E-state index is -3.76. The maximum Gasteiger partial charge on any atom is 0.255 e. The molecule has 174 valence electrons. The number of nitrogens with one attached hydrogen (secondary N) is 1. The molecule has 1 fully saturated rings. The molecule has 1 amide bonds. The number of thioether (sulfide) groups is 1. The van der Waals surface area contributed by atoms with E-state index in [1.807, 2.05) is 30.5 Å². The molecule has 0 aliphatic carbocycles. The molecule has 0 bridgehead atoms. The highest BCUT2D eigenvalue weighted by atomic mass is 32.2. The number of ether oxygens (including phenoxy) is 1. The molecule has 2 aromatic carbocycles. The molecule has 0 radical (unpaired) electrons. The van der Waals surface area contributed by atoms with Crippen molar-refractivity contribution in [3.63, 3.8) is 0 Å². The Hall–Kier alpha value is -2.03. The third-order valence-corrected chi connectivity index (χ3v) is 7.74. The maximum atomic E-state index is 12.9. The van der Waals surface area contributed by atoms with Crippen molar-refractivity contribution < 1.29 is 17.9 Å². The molecule has 32 heavy (non-hydrogen) atoms. The van der Waals surface area contributed by atoms with E-state index in [9.17, 15) is 13.2 Å². The molecule has 0 unspecified atom stereocenters. The number of rotatable bonds is 8. The number of amides is 1. The van der Waals surface area contributed by atoms with Gasteiger partial charge in [0.2, 0.25) is 10.0 Å². The Labute approximate surface area is 195 Å². The van der Waals surface area contributed by atoms with Gasteiger partial charge >= 0.3 is 0 Å². The van der Waals surface area contributed by atoms with Gasteiger partial charge in [0.15, 0.2) is 0 Å². The van der Waals surface area contributed by atoms with Crippen molar-refractivity contribution in [2.75, 3.05) is 32.5 Å². The summed E-state index contributed by atoms with van der Waals surface area (Å²) in [6.45, 7) is 8.21. The molecule has 3 rings (SSSR count). The number of sulfonamides is 1. The van der Waals surface area contributed by atoms with Crippen LogP contribution in [0.25, 0.3) is 0 Å². The Morgan fingerprint density at radius 3 is 2.34 bits per heavy atom. The summed E-state index contributed by atoms with van der Waals surface area (Å²) in [5, 5.41) is 0. The number of hydrogen-bond donors (Lipinski definition) is 1. The number of carbonyl (C=O) groups is 1. The summed E-state index contributed by atoms with van der Waals surface area (Å²) >= 11 is 1.44. The van der Waals surface area contributed by atoms with Gasteiger partial charge in [0, 0.05) is 24.5 Å². The molecule has 8 heteroatoms. The summed E-state index contributed by atoms with van der Waals surface area (Å²) in [4.78, 5) is 15.5. The van der Waals surface area contributed by atoms with Gasteiger partial charge in [0.1, 0.15) is 12.4 Å². The average molecular weight is 477 g/mol. The third kappa shape index (κ3) is 6.05. The molecule has 0 saturated carbocycles. The highest BCUT2D eigenvalue weighted by Crippen LogP contribution is 2.27. The normalized spacial score (nSPS) is 14.6. The van der Waals surface area contributed by atoms with Crippen LogP contribution in [0.2, 0.25) is 0 Å². The molecule has 6 nitrogen and oxygen atoms in total. The second kappa shape index (κ2) is 10.3. The highest BCUT2D eigenvalue weighted by Gasteiger charge is 2.24. The van der Waals surface area contributed by atoms with Gasteiger partial charge in [-0.25, -0.2) is 13.1 Å². The van der Waals surface area contributed by atoms with Gasteiger partial charge in [0.25, 0.3) is 5.91 Å². The zero-order valence-corrected chi connectivity index (χ0v) is 20.8. The number of benzene rings is 2. The summed E-state index contributed by atoms with van der Waals surface area (Å²) < 4.78 is 33.8. The van der Waals surface area contributed by atoms with Crippen LogP contribution in [0.15, 0.2) is 52.3 Å². The fourth-order valence-corrected chi connectivity index (χ4v) is 5.20. The average Bonchev–Trinajstić information content (AvgIpc) is 3.30. The summed E-state index contributed by atoms with van der Waals surface area (Å²) in [5.41, 5.74) is 1.71. The van der Waals surface area contributed by atoms with Crippen molar-refractivity contribution >= 4 is 27.7 Å². The molecule has 1 N–H and O–H groups in total. The number of hydrogen-bond acceptors (Lipinski definition) is 5. The molecule has 2 aromatic rings. The zero-order chi connectivity index (χ0) is 23.4. The molecule has 0 aromatic heterocycles. The van der Waals surface area contributed by atoms with Crippen LogP contribution in [0.3, 0.4) is 0 Å². The van der Waals surface area contributed by atoms with Gasteiger partial charge in [-0.3, -0.25) is 4.79 Å². The predicted molar refractivity (Wildman–Crippen MR) is 129 cm³/mol. The van der Waals surface area contributed by atoms with E-state index >= 15 is 0 Å². The monoisotopic (exact) mass is 476 g/mol. The van der Waals surface area contributed by atoms with Crippen LogP contribution in [0, 0.1) is 0 Å². The smallest absolute Gasteiger partial charge is 0.255 e. The molecule has 0 atom stereocenters. The molecule has 0 spiro atoms. The largest absolute Gasteiger partial charge is 0.492 e. The third-order valence-electron chi connectivity index (χ3n) is 5.49. The van der Waals surface area contributed by atoms with E-state index < -0.39 is 10.0 Å². The molecular weight excluding hydrogens is 444 g/mol. The number of likely N-dealkylation sites (tertiary alicyclic amines) is 1. The number of carbonyl (C=O) groups excluding carboxylic acids is 1. The Balaban J connectivity index is 1.62. The van der Waals surface area contributed by atoms with E-state index in [1.54, 1.807) is 17.0 Å². The Morgan fingerprint density at radius 2 is 1.75 bits per heavy atom. The first-order valence-electron chi connectivity index (χ1n) is 10.8. The number of nitrogens with zero attached hydrogens (tertiary/aromatic N) is 1. The van der Waals surface area contributed by atoms with Gasteiger partial charge in [-0.15, -0.1) is 11.8 Å². The van der Waals surface area contributed by atoms with Crippen LogP contribution >= 0.6 is 11.8 Å². The minimum absolute atomic E-state index is 0.0645. The van der Waals surface area contributed by atoms with Crippen LogP contribution in [0.1, 0.15) is 49.5 Å². The zero-order valence-electron chi connectivity index (χ0n) is 19.2. The van der Waals surface area contributed by atoms with E-state index in [-0.39, 0.29) is 29.4 Å². The SMILES string of the molecule is CSc1ccc(S(=O)(=O)NCCOc2ccc(C(C)(C)C)cc2)cc1C(=O)N1CCCC1. The Kier molecular flexibility index (Phi) is 7.90. The standard InChI is InChI=1S/C24H32N2O4S2/c1-24(2,3)18-7-9-19(10-8-18)30-16-13-25-32(28,29)20-11-12-22(31-4)21(17-20)23(27)26-14-5-6-15-26/h7-12,17,25H,5-6,13-16H2,1-4H3. The molecule has 1 saturated heterocycles. The van der Waals surface area contributed by atoms with Crippen molar-refractivity contribution in [2.45, 2.75) is 48.8 Å². The summed E-state index contributed by atoms with van der Waals surface area (Å²) in [5.74, 6) is 0.589. The van der Waals surface area contributed by atoms with Crippen molar-refractivity contribution in [1.29, 1.82) is 0 Å². The van der Waals surface area contributed by atoms with Crippen molar-refractivity contribution in [2.24, 2.45) is 0 Å². The van der Waals surface area contributed by atoms with Crippen molar-refractivity contribution in [1.82, 2.24) is 9.62 Å². The fraction of sp³-hybridized carbons (Fsp3) is 0.458. The van der Waals surface area contributed by atoms with E-state index in [0.29, 0.717) is 11.3 Å². The van der Waals surface area contributed by atoms with Crippen LogP contribution in [-0.2, 0) is 15.4 Å². The summed E-state index contributed by atoms with van der Waals surface area (Å²) in [7, 11) is -3.76. The van der Waals surface area contributed by atoms with E-state index in [0.717, 1.165) is 30.8 Å². The van der Waals surface area contributed by atoms with Crippen molar-refractivity contribution in [3.8, 4) is 5.75 Å². The first-order chi connectivity index (χ1) is 15.1. The van der Waals surface area contributed by atoms with Gasteiger partial charge in [0.05, 0.1) is 10.5 Å². The highest BCUT2D eigenvalue weighted by molar-refractivity contribution is 7.98. The van der Waals surface area contributed by atoms with Crippen molar-refractivity contribution in [3.05, 3.63) is 53.6 Å². The molecule has 1 aliphatic heterocycles. The minimum Gasteiger partial charge on any atom is -0.492 e. The quantitative estimate of drug-likeness (QED) is 0.454. The fourth-order valence-electron chi connectivity index (χ4n) is 3.59. The lowest BCUT2D eigenvalue weighted by Crippen LogP contribution is -2.30. The summed E-state index contributed by atoms with van der Waals surface area (Å²) in [6, 6.07) is 12.6. The molecule has 1 heterocycles. The van der Waals surface area contributed by atoms with Gasteiger partial charge in [-0.05, 0) is 60.4 Å². The summed E-state index contributed by atoms with van der Waals surface area (Å²) in [6.07, 6.45) is 3.85. The second-order valence-electron chi connectivity index (χ2n) is 8.88. The lowest BCUT2D eigenvalue weighted by atomic mass is 9.87. The van der Waals surface area contributed by atoms with Crippen LogP contribution in [0.5, 0.6) is 5.75 Å². The predicted octanol–water partition coefficient (Wildman–Crippen LogP) is 4.30. The van der Waals surface area contributed by atoms with E-state index in [4.69, 9.17) is 4.74 Å². The maximum absolute atomic E-state index is 12.9. The van der Waals surface area contributed by atoms with E-state index in [1.165, 1.54) is 23.4 Å². The van der Waals surface area contributed by atoms with Gasteiger partial charge < -0.3 is 9.64 Å². The molecular formula is C24H32N2O4S2. The first-order valence-corrected chi connectivity index (χ1v) is 13.5. The van der Waals surface area contributed by atoms with Crippen LogP contribution in [-0.4, -0.2) is 51.7 Å². The van der Waals surface area contributed by atoms with E-state index in [2.05, 4.69) is 25.5 Å². The lowest BCUT2D eigenvalue weighted by molar-refractivity contribution is 0.0789. The molecule has 1 aliphatic rings. The van der Waals surface area contributed by atoms with Gasteiger partial charge in [-0.1, -0.05) is 32.9 Å². The van der Waals surface area contributed by atoms with Gasteiger partial charge in [-0.2, -0.15) is 0 Å². The lowest BCUT2D eigenvalue weighted by Gasteiger charge is -2.19. The Bertz CT molecular complexity index is 1040. The van der Waals surface area contributed by atoms with Crippen LogP contribution < -0.4 is 9.46 Å². The second-order valence-corrected chi connectivity index (χ2v) is 11.5. The first kappa shape index (κ1) is 24.6. The Morgan fingerprint density at radius 1 is 1.09 bits per heavy atom. The topological polar surface area (TPSA) is 75.7 Å².